The van der Waals surface area contributed by atoms with Crippen molar-refractivity contribution in [1.29, 1.82) is 0 Å². The largest absolute Gasteiger partial charge is 0.493 e. The smallest absolute Gasteiger partial charge is 0.160 e. The van der Waals surface area contributed by atoms with E-state index in [1.54, 1.807) is 14.2 Å². The first-order chi connectivity index (χ1) is 12.3. The Morgan fingerprint density at radius 1 is 1.15 bits per heavy atom. The second-order valence-electron chi connectivity index (χ2n) is 8.55. The lowest BCUT2D eigenvalue weighted by atomic mass is 9.67. The van der Waals surface area contributed by atoms with Gasteiger partial charge in [-0.25, -0.2) is 0 Å². The number of ether oxygens (including phenoxy) is 2. The number of oxime groups is 1. The van der Waals surface area contributed by atoms with Crippen LogP contribution in [0.15, 0.2) is 23.4 Å². The fourth-order valence-corrected chi connectivity index (χ4v) is 4.19. The number of hydrogen-bond donors (Lipinski definition) is 1. The van der Waals surface area contributed by atoms with Crippen molar-refractivity contribution in [2.45, 2.75) is 64.5 Å². The summed E-state index contributed by atoms with van der Waals surface area (Å²) in [5.74, 6) is 1.59. The van der Waals surface area contributed by atoms with Gasteiger partial charge in [-0.1, -0.05) is 11.2 Å². The van der Waals surface area contributed by atoms with Crippen LogP contribution in [0.1, 0.15) is 52.0 Å². The molecule has 1 aromatic rings. The van der Waals surface area contributed by atoms with Gasteiger partial charge in [-0.15, -0.1) is 0 Å². The average molecular weight is 360 g/mol. The summed E-state index contributed by atoms with van der Waals surface area (Å²) in [6.07, 6.45) is 5.40. The second kappa shape index (κ2) is 7.47. The average Bonchev–Trinajstić information content (AvgIpc) is 3.01. The molecule has 2 atom stereocenters. The third kappa shape index (κ3) is 4.14. The molecule has 1 N–H and O–H groups in total. The summed E-state index contributed by atoms with van der Waals surface area (Å²) in [6.45, 7) is 7.19. The van der Waals surface area contributed by atoms with Crippen molar-refractivity contribution < 1.29 is 14.3 Å². The van der Waals surface area contributed by atoms with Crippen molar-refractivity contribution in [3.8, 4) is 11.5 Å². The van der Waals surface area contributed by atoms with Gasteiger partial charge in [-0.2, -0.15) is 0 Å². The van der Waals surface area contributed by atoms with Crippen LogP contribution in [0, 0.1) is 5.41 Å². The summed E-state index contributed by atoms with van der Waals surface area (Å²) >= 11 is 0. The van der Waals surface area contributed by atoms with Gasteiger partial charge in [-0.05, 0) is 76.1 Å². The first-order valence-corrected chi connectivity index (χ1v) is 9.53. The molecule has 0 radical (unpaired) electrons. The maximum atomic E-state index is 5.65. The van der Waals surface area contributed by atoms with Gasteiger partial charge in [0.05, 0.1) is 19.9 Å². The zero-order valence-corrected chi connectivity index (χ0v) is 16.7. The molecule has 0 amide bonds. The molecule has 0 spiro atoms. The Morgan fingerprint density at radius 3 is 2.62 bits per heavy atom. The predicted molar refractivity (Wildman–Crippen MR) is 104 cm³/mol. The third-order valence-corrected chi connectivity index (χ3v) is 5.56. The molecule has 5 heteroatoms. The fraction of sp³-hybridized carbons (Fsp3) is 0.667. The quantitative estimate of drug-likeness (QED) is 0.808. The number of benzene rings is 1. The monoisotopic (exact) mass is 360 g/mol. The number of nitrogens with one attached hydrogen (secondary N) is 1. The minimum Gasteiger partial charge on any atom is -0.493 e. The van der Waals surface area contributed by atoms with Crippen LogP contribution in [0.2, 0.25) is 0 Å². The molecule has 0 aromatic heterocycles. The molecule has 1 heterocycles. The number of hydrogen-bond acceptors (Lipinski definition) is 5. The Bertz CT molecular complexity index is 666. The molecule has 0 unspecified atom stereocenters. The summed E-state index contributed by atoms with van der Waals surface area (Å²) in [5.41, 5.74) is 2.55. The van der Waals surface area contributed by atoms with E-state index < -0.39 is 0 Å². The van der Waals surface area contributed by atoms with Gasteiger partial charge in [0.2, 0.25) is 0 Å². The SMILES string of the molecule is COc1ccc(C[C@@]23CCN[C@H]2CC(=NOC(C)(C)C)CC3)cc1OC. The molecule has 0 bridgehead atoms. The third-order valence-electron chi connectivity index (χ3n) is 5.56. The van der Waals surface area contributed by atoms with Gasteiger partial charge in [0.15, 0.2) is 11.5 Å². The summed E-state index contributed by atoms with van der Waals surface area (Å²) in [7, 11) is 3.37. The van der Waals surface area contributed by atoms with Crippen molar-refractivity contribution in [3.63, 3.8) is 0 Å². The highest BCUT2D eigenvalue weighted by molar-refractivity contribution is 5.85. The minimum atomic E-state index is -0.232. The van der Waals surface area contributed by atoms with Crippen LogP contribution < -0.4 is 14.8 Å². The standard InChI is InChI=1S/C21H32N2O3/c1-20(2,3)26-23-16-8-9-21(10-11-22-19(21)13-16)14-15-6-7-17(24-4)18(12-15)25-5/h6-7,12,19,22H,8-11,13-14H2,1-5H3/t19-,21+/m0/s1. The topological polar surface area (TPSA) is 52.1 Å². The molecule has 1 aliphatic carbocycles. The van der Waals surface area contributed by atoms with Crippen LogP contribution in [0.5, 0.6) is 11.5 Å². The van der Waals surface area contributed by atoms with Gasteiger partial charge in [0.1, 0.15) is 5.60 Å². The van der Waals surface area contributed by atoms with Crippen molar-refractivity contribution in [1.82, 2.24) is 5.32 Å². The maximum Gasteiger partial charge on any atom is 0.160 e. The van der Waals surface area contributed by atoms with Crippen LogP contribution in [0.3, 0.4) is 0 Å². The minimum absolute atomic E-state index is 0.232. The molecule has 3 rings (SSSR count). The molecular formula is C21H32N2O3. The fourth-order valence-electron chi connectivity index (χ4n) is 4.19. The Morgan fingerprint density at radius 2 is 1.92 bits per heavy atom. The van der Waals surface area contributed by atoms with Crippen molar-refractivity contribution >= 4 is 5.71 Å². The molecule has 5 nitrogen and oxygen atoms in total. The molecule has 1 saturated heterocycles. The van der Waals surface area contributed by atoms with Gasteiger partial charge in [-0.3, -0.25) is 0 Å². The highest BCUT2D eigenvalue weighted by atomic mass is 16.6. The van der Waals surface area contributed by atoms with E-state index >= 15 is 0 Å². The number of fused-ring (bicyclic) bond motifs is 1. The van der Waals surface area contributed by atoms with Crippen LogP contribution in [0.4, 0.5) is 0 Å². The Balaban J connectivity index is 1.74. The zero-order chi connectivity index (χ0) is 18.8. The highest BCUT2D eigenvalue weighted by Crippen LogP contribution is 2.45. The number of nitrogens with zero attached hydrogens (tertiary/aromatic N) is 1. The molecule has 1 saturated carbocycles. The van der Waals surface area contributed by atoms with E-state index in [1.165, 1.54) is 17.7 Å². The van der Waals surface area contributed by atoms with E-state index in [0.717, 1.165) is 43.7 Å². The molecule has 144 valence electrons. The molecule has 26 heavy (non-hydrogen) atoms. The first-order valence-electron chi connectivity index (χ1n) is 9.53. The van der Waals surface area contributed by atoms with Crippen LogP contribution in [-0.4, -0.2) is 38.1 Å². The Hall–Kier alpha value is -1.75. The van der Waals surface area contributed by atoms with E-state index in [0.29, 0.717) is 11.5 Å². The van der Waals surface area contributed by atoms with E-state index in [-0.39, 0.29) is 5.60 Å². The van der Waals surface area contributed by atoms with Gasteiger partial charge in [0, 0.05) is 12.5 Å². The first kappa shape index (κ1) is 19.0. The van der Waals surface area contributed by atoms with E-state index in [2.05, 4.69) is 22.6 Å². The second-order valence-corrected chi connectivity index (χ2v) is 8.55. The zero-order valence-electron chi connectivity index (χ0n) is 16.7. The summed E-state index contributed by atoms with van der Waals surface area (Å²) < 4.78 is 10.8. The van der Waals surface area contributed by atoms with Crippen LogP contribution in [-0.2, 0) is 11.3 Å². The summed E-state index contributed by atoms with van der Waals surface area (Å²) in [6, 6.07) is 6.76. The van der Waals surface area contributed by atoms with Gasteiger partial charge >= 0.3 is 0 Å². The van der Waals surface area contributed by atoms with E-state index in [9.17, 15) is 0 Å². The number of methoxy groups -OCH3 is 2. The normalized spacial score (nSPS) is 27.3. The lowest BCUT2D eigenvalue weighted by Crippen LogP contribution is -2.44. The van der Waals surface area contributed by atoms with Crippen molar-refractivity contribution in [2.75, 3.05) is 20.8 Å². The Kier molecular flexibility index (Phi) is 5.47. The van der Waals surface area contributed by atoms with Crippen LogP contribution >= 0.6 is 0 Å². The lowest BCUT2D eigenvalue weighted by molar-refractivity contribution is -0.000709. The molecular weight excluding hydrogens is 328 g/mol. The van der Waals surface area contributed by atoms with E-state index in [4.69, 9.17) is 14.3 Å². The highest BCUT2D eigenvalue weighted by Gasteiger charge is 2.45. The summed E-state index contributed by atoms with van der Waals surface area (Å²) in [5, 5.41) is 8.15. The van der Waals surface area contributed by atoms with Gasteiger partial charge < -0.3 is 19.6 Å². The summed E-state index contributed by atoms with van der Waals surface area (Å²) in [4.78, 5) is 5.65. The molecule has 1 aromatic carbocycles. The molecule has 2 fully saturated rings. The van der Waals surface area contributed by atoms with Crippen LogP contribution in [0.25, 0.3) is 0 Å². The Labute approximate surface area is 157 Å². The molecule has 1 aliphatic heterocycles. The number of rotatable bonds is 5. The van der Waals surface area contributed by atoms with Gasteiger partial charge in [0.25, 0.3) is 0 Å². The van der Waals surface area contributed by atoms with E-state index in [1.807, 2.05) is 26.8 Å². The van der Waals surface area contributed by atoms with Crippen molar-refractivity contribution in [2.24, 2.45) is 10.6 Å². The maximum absolute atomic E-state index is 5.65. The predicted octanol–water partition coefficient (Wildman–Crippen LogP) is 3.95. The van der Waals surface area contributed by atoms with Crippen molar-refractivity contribution in [3.05, 3.63) is 23.8 Å². The lowest BCUT2D eigenvalue weighted by Gasteiger charge is -2.40. The molecule has 2 aliphatic rings.